The second kappa shape index (κ2) is 6.86. The Morgan fingerprint density at radius 2 is 2.05 bits per heavy atom. The molecule has 1 aliphatic rings. The fourth-order valence-electron chi connectivity index (χ4n) is 2.96. The van der Waals surface area contributed by atoms with Gasteiger partial charge in [-0.1, -0.05) is 12.8 Å². The number of aryl methyl sites for hydroxylation is 2. The van der Waals surface area contributed by atoms with Gasteiger partial charge in [0.25, 0.3) is 0 Å². The van der Waals surface area contributed by atoms with E-state index in [1.165, 1.54) is 25.7 Å². The molecule has 1 aromatic heterocycles. The number of nitrogens with zero attached hydrogens (tertiary/aromatic N) is 2. The van der Waals surface area contributed by atoms with Gasteiger partial charge in [-0.2, -0.15) is 5.10 Å². The van der Waals surface area contributed by atoms with Crippen LogP contribution < -0.4 is 5.73 Å². The molecule has 108 valence electrons. The Morgan fingerprint density at radius 3 is 2.63 bits per heavy atom. The molecule has 1 heterocycles. The Bertz CT molecular complexity index is 419. The van der Waals surface area contributed by atoms with Gasteiger partial charge in [-0.25, -0.2) is 0 Å². The highest BCUT2D eigenvalue weighted by Crippen LogP contribution is 2.30. The summed E-state index contributed by atoms with van der Waals surface area (Å²) < 4.78 is 8.87. The van der Waals surface area contributed by atoms with Crippen molar-refractivity contribution in [3.05, 3.63) is 15.9 Å². The Balaban J connectivity index is 1.85. The molecular formula is C14H24BrN3O. The van der Waals surface area contributed by atoms with Crippen LogP contribution in [0.15, 0.2) is 4.47 Å². The minimum Gasteiger partial charge on any atom is -0.375 e. The number of nitrogens with two attached hydrogens (primary N) is 1. The summed E-state index contributed by atoms with van der Waals surface area (Å²) in [6.07, 6.45) is 5.16. The minimum absolute atomic E-state index is 0.617. The van der Waals surface area contributed by atoms with Gasteiger partial charge in [0.1, 0.15) is 0 Å². The summed E-state index contributed by atoms with van der Waals surface area (Å²) in [5.41, 5.74) is 7.97. The largest absolute Gasteiger partial charge is 0.375 e. The molecule has 1 saturated carbocycles. The van der Waals surface area contributed by atoms with Crippen LogP contribution in [-0.4, -0.2) is 22.9 Å². The molecule has 0 radical (unpaired) electrons. The van der Waals surface area contributed by atoms with Crippen molar-refractivity contribution >= 4 is 15.9 Å². The van der Waals surface area contributed by atoms with E-state index in [2.05, 4.69) is 21.0 Å². The number of hydrogen-bond donors (Lipinski definition) is 1. The molecule has 4 nitrogen and oxygen atoms in total. The van der Waals surface area contributed by atoms with Gasteiger partial charge in [0.05, 0.1) is 29.1 Å². The van der Waals surface area contributed by atoms with E-state index in [1.54, 1.807) is 0 Å². The Morgan fingerprint density at radius 1 is 1.37 bits per heavy atom. The molecule has 2 N–H and O–H groups in total. The molecule has 0 saturated heterocycles. The average molecular weight is 330 g/mol. The molecular weight excluding hydrogens is 306 g/mol. The van der Waals surface area contributed by atoms with Crippen molar-refractivity contribution in [1.82, 2.24) is 9.78 Å². The highest BCUT2D eigenvalue weighted by Gasteiger charge is 2.24. The van der Waals surface area contributed by atoms with Crippen LogP contribution in [0, 0.1) is 18.8 Å². The quantitative estimate of drug-likeness (QED) is 0.903. The summed E-state index contributed by atoms with van der Waals surface area (Å²) >= 11 is 3.57. The Hall–Kier alpha value is -0.390. The summed E-state index contributed by atoms with van der Waals surface area (Å²) in [5.74, 6) is 1.28. The summed E-state index contributed by atoms with van der Waals surface area (Å²) in [4.78, 5) is 0. The van der Waals surface area contributed by atoms with Crippen LogP contribution in [0.2, 0.25) is 0 Å². The summed E-state index contributed by atoms with van der Waals surface area (Å²) in [7, 11) is 1.96. The lowest BCUT2D eigenvalue weighted by Crippen LogP contribution is -2.29. The first kappa shape index (κ1) is 15.0. The van der Waals surface area contributed by atoms with Crippen molar-refractivity contribution in [3.8, 4) is 0 Å². The smallest absolute Gasteiger partial charge is 0.0896 e. The van der Waals surface area contributed by atoms with E-state index in [0.717, 1.165) is 29.0 Å². The topological polar surface area (TPSA) is 53.1 Å². The zero-order valence-corrected chi connectivity index (χ0v) is 13.4. The maximum Gasteiger partial charge on any atom is 0.0896 e. The highest BCUT2D eigenvalue weighted by molar-refractivity contribution is 9.10. The van der Waals surface area contributed by atoms with Gasteiger partial charge in [0.2, 0.25) is 0 Å². The molecule has 0 bridgehead atoms. The van der Waals surface area contributed by atoms with Crippen LogP contribution in [0.25, 0.3) is 0 Å². The number of hydrogen-bond acceptors (Lipinski definition) is 3. The van der Waals surface area contributed by atoms with E-state index >= 15 is 0 Å². The van der Waals surface area contributed by atoms with Crippen molar-refractivity contribution in [2.75, 3.05) is 13.2 Å². The van der Waals surface area contributed by atoms with E-state index in [1.807, 2.05) is 18.7 Å². The molecule has 0 amide bonds. The third-order valence-electron chi connectivity index (χ3n) is 4.20. The summed E-state index contributed by atoms with van der Waals surface area (Å²) in [6.45, 7) is 4.23. The second-order valence-electron chi connectivity index (χ2n) is 5.53. The predicted octanol–water partition coefficient (Wildman–Crippen LogP) is 2.77. The van der Waals surface area contributed by atoms with Crippen LogP contribution in [0.5, 0.6) is 0 Å². The van der Waals surface area contributed by atoms with Crippen LogP contribution in [-0.2, 0) is 18.4 Å². The van der Waals surface area contributed by atoms with E-state index < -0.39 is 0 Å². The van der Waals surface area contributed by atoms with Crippen LogP contribution in [0.1, 0.15) is 37.1 Å². The average Bonchev–Trinajstić information content (AvgIpc) is 2.65. The van der Waals surface area contributed by atoms with Crippen molar-refractivity contribution in [2.24, 2.45) is 24.6 Å². The van der Waals surface area contributed by atoms with Crippen molar-refractivity contribution < 1.29 is 4.74 Å². The van der Waals surface area contributed by atoms with Gasteiger partial charge in [0.15, 0.2) is 0 Å². The van der Waals surface area contributed by atoms with Crippen molar-refractivity contribution in [1.29, 1.82) is 0 Å². The monoisotopic (exact) mass is 329 g/mol. The zero-order chi connectivity index (χ0) is 13.8. The molecule has 0 spiro atoms. The molecule has 1 fully saturated rings. The van der Waals surface area contributed by atoms with E-state index in [9.17, 15) is 0 Å². The number of halogens is 1. The van der Waals surface area contributed by atoms with Gasteiger partial charge in [0, 0.05) is 7.05 Å². The molecule has 0 aliphatic heterocycles. The zero-order valence-electron chi connectivity index (χ0n) is 11.9. The van der Waals surface area contributed by atoms with Gasteiger partial charge in [-0.3, -0.25) is 4.68 Å². The Kier molecular flexibility index (Phi) is 5.42. The van der Waals surface area contributed by atoms with Gasteiger partial charge in [-0.15, -0.1) is 0 Å². The normalized spacial score (nSPS) is 23.8. The molecule has 1 aromatic rings. The highest BCUT2D eigenvalue weighted by atomic mass is 79.9. The standard InChI is InChI=1S/C14H24BrN3O/c1-10-14(15)13(18(2)17-10)9-19-8-12-6-4-3-5-11(12)7-16/h11-12H,3-9,16H2,1-2H3. The second-order valence-corrected chi connectivity index (χ2v) is 6.32. The molecule has 19 heavy (non-hydrogen) atoms. The number of ether oxygens (including phenoxy) is 1. The van der Waals surface area contributed by atoms with Crippen molar-refractivity contribution in [2.45, 2.75) is 39.2 Å². The first-order chi connectivity index (χ1) is 9.13. The molecule has 0 aromatic carbocycles. The third-order valence-corrected chi connectivity index (χ3v) is 5.23. The number of rotatable bonds is 5. The summed E-state index contributed by atoms with van der Waals surface area (Å²) in [5, 5.41) is 4.38. The fraction of sp³-hybridized carbons (Fsp3) is 0.786. The molecule has 2 unspecified atom stereocenters. The summed E-state index contributed by atoms with van der Waals surface area (Å²) in [6, 6.07) is 0. The van der Waals surface area contributed by atoms with Crippen molar-refractivity contribution in [3.63, 3.8) is 0 Å². The fourth-order valence-corrected chi connectivity index (χ4v) is 3.41. The Labute approximate surface area is 123 Å². The maximum absolute atomic E-state index is 5.92. The predicted molar refractivity (Wildman–Crippen MR) is 79.8 cm³/mol. The molecule has 2 atom stereocenters. The van der Waals surface area contributed by atoms with Gasteiger partial charge < -0.3 is 10.5 Å². The van der Waals surface area contributed by atoms with Crippen LogP contribution >= 0.6 is 15.9 Å². The van der Waals surface area contributed by atoms with Crippen LogP contribution in [0.4, 0.5) is 0 Å². The maximum atomic E-state index is 5.92. The van der Waals surface area contributed by atoms with Gasteiger partial charge >= 0.3 is 0 Å². The lowest BCUT2D eigenvalue weighted by Gasteiger charge is -2.30. The van der Waals surface area contributed by atoms with E-state index in [0.29, 0.717) is 18.4 Å². The minimum atomic E-state index is 0.617. The molecule has 5 heteroatoms. The lowest BCUT2D eigenvalue weighted by atomic mass is 9.80. The molecule has 1 aliphatic carbocycles. The SMILES string of the molecule is Cc1nn(C)c(COCC2CCCCC2CN)c1Br. The van der Waals surface area contributed by atoms with E-state index in [-0.39, 0.29) is 0 Å². The van der Waals surface area contributed by atoms with E-state index in [4.69, 9.17) is 10.5 Å². The lowest BCUT2D eigenvalue weighted by molar-refractivity contribution is 0.0480. The third kappa shape index (κ3) is 3.58. The van der Waals surface area contributed by atoms with Crippen LogP contribution in [0.3, 0.4) is 0 Å². The first-order valence-electron chi connectivity index (χ1n) is 7.09. The number of aromatic nitrogens is 2. The molecule has 2 rings (SSSR count). The van der Waals surface area contributed by atoms with Gasteiger partial charge in [-0.05, 0) is 54.1 Å². The first-order valence-corrected chi connectivity index (χ1v) is 7.88.